The van der Waals surface area contributed by atoms with Gasteiger partial charge in [-0.25, -0.2) is 9.36 Å². The molecule has 0 atom stereocenters. The third-order valence-corrected chi connectivity index (χ3v) is 4.21. The molecular formula is C11H12BrN7O. The normalized spacial score (nSPS) is 11.4. The fourth-order valence-corrected chi connectivity index (χ4v) is 2.53. The minimum absolute atomic E-state index is 0.214. The average molecular weight is 338 g/mol. The summed E-state index contributed by atoms with van der Waals surface area (Å²) < 4.78 is 5.43. The summed E-state index contributed by atoms with van der Waals surface area (Å²) in [5, 5.41) is 16.8. The minimum Gasteiger partial charge on any atom is -0.269 e. The van der Waals surface area contributed by atoms with E-state index in [-0.39, 0.29) is 5.56 Å². The van der Waals surface area contributed by atoms with Gasteiger partial charge in [0.2, 0.25) is 0 Å². The van der Waals surface area contributed by atoms with Gasteiger partial charge in [0.1, 0.15) is 5.39 Å². The topological polar surface area (TPSA) is 83.4 Å². The van der Waals surface area contributed by atoms with Crippen LogP contribution in [0.5, 0.6) is 0 Å². The highest BCUT2D eigenvalue weighted by Gasteiger charge is 2.15. The van der Waals surface area contributed by atoms with Gasteiger partial charge in [-0.1, -0.05) is 5.21 Å². The van der Waals surface area contributed by atoms with Crippen molar-refractivity contribution in [3.05, 3.63) is 32.4 Å². The molecule has 0 bridgehead atoms. The van der Waals surface area contributed by atoms with E-state index in [4.69, 9.17) is 0 Å². The molecule has 104 valence electrons. The summed E-state index contributed by atoms with van der Waals surface area (Å²) in [6.07, 6.45) is 1.51. The molecule has 0 spiro atoms. The summed E-state index contributed by atoms with van der Waals surface area (Å²) in [7, 11) is 3.55. The van der Waals surface area contributed by atoms with Crippen LogP contribution in [0.4, 0.5) is 0 Å². The van der Waals surface area contributed by atoms with E-state index < -0.39 is 0 Å². The van der Waals surface area contributed by atoms with Gasteiger partial charge in [0, 0.05) is 14.1 Å². The lowest BCUT2D eigenvalue weighted by atomic mass is 10.3. The zero-order chi connectivity index (χ0) is 14.4. The third-order valence-electron chi connectivity index (χ3n) is 3.18. The third kappa shape index (κ3) is 1.85. The Morgan fingerprint density at radius 3 is 2.70 bits per heavy atom. The molecule has 0 amide bonds. The molecule has 0 aliphatic heterocycles. The number of hydrogen-bond donors (Lipinski definition) is 0. The number of aromatic nitrogens is 7. The van der Waals surface area contributed by atoms with Crippen molar-refractivity contribution in [1.82, 2.24) is 34.6 Å². The van der Waals surface area contributed by atoms with Gasteiger partial charge in [-0.05, 0) is 22.9 Å². The van der Waals surface area contributed by atoms with E-state index in [1.807, 2.05) is 14.0 Å². The van der Waals surface area contributed by atoms with Crippen molar-refractivity contribution in [2.24, 2.45) is 14.1 Å². The SMILES string of the molecule is Cc1nn(C)c(Cn2nnc3c(cnn3C)c2=O)c1Br. The molecule has 0 aromatic carbocycles. The first-order chi connectivity index (χ1) is 9.49. The highest BCUT2D eigenvalue weighted by atomic mass is 79.9. The molecular weight excluding hydrogens is 326 g/mol. The van der Waals surface area contributed by atoms with Crippen molar-refractivity contribution in [3.63, 3.8) is 0 Å². The molecule has 8 nitrogen and oxygen atoms in total. The Balaban J connectivity index is 2.12. The quantitative estimate of drug-likeness (QED) is 0.674. The van der Waals surface area contributed by atoms with Crippen molar-refractivity contribution in [1.29, 1.82) is 0 Å². The van der Waals surface area contributed by atoms with Crippen LogP contribution in [0.1, 0.15) is 11.4 Å². The molecule has 3 aromatic rings. The van der Waals surface area contributed by atoms with Gasteiger partial charge < -0.3 is 0 Å². The van der Waals surface area contributed by atoms with Gasteiger partial charge in [0.15, 0.2) is 5.65 Å². The first-order valence-electron chi connectivity index (χ1n) is 5.92. The van der Waals surface area contributed by atoms with Gasteiger partial charge in [-0.2, -0.15) is 10.2 Å². The lowest BCUT2D eigenvalue weighted by molar-refractivity contribution is 0.561. The molecule has 3 aromatic heterocycles. The Kier molecular flexibility index (Phi) is 2.93. The van der Waals surface area contributed by atoms with E-state index in [0.29, 0.717) is 17.6 Å². The highest BCUT2D eigenvalue weighted by molar-refractivity contribution is 9.10. The van der Waals surface area contributed by atoms with Gasteiger partial charge >= 0.3 is 0 Å². The molecule has 0 aliphatic rings. The summed E-state index contributed by atoms with van der Waals surface area (Å²) in [6.45, 7) is 2.20. The van der Waals surface area contributed by atoms with Crippen molar-refractivity contribution in [2.75, 3.05) is 0 Å². The molecule has 0 saturated carbocycles. The van der Waals surface area contributed by atoms with Crippen LogP contribution in [-0.2, 0) is 20.6 Å². The number of aryl methyl sites for hydroxylation is 3. The zero-order valence-corrected chi connectivity index (χ0v) is 12.8. The van der Waals surface area contributed by atoms with E-state index >= 15 is 0 Å². The highest BCUT2D eigenvalue weighted by Crippen LogP contribution is 2.20. The molecule has 3 rings (SSSR count). The first kappa shape index (κ1) is 13.0. The van der Waals surface area contributed by atoms with E-state index in [9.17, 15) is 4.79 Å². The van der Waals surface area contributed by atoms with Crippen LogP contribution in [0, 0.1) is 6.92 Å². The Morgan fingerprint density at radius 1 is 1.30 bits per heavy atom. The van der Waals surface area contributed by atoms with E-state index in [2.05, 4.69) is 36.4 Å². The summed E-state index contributed by atoms with van der Waals surface area (Å²) in [5.74, 6) is 0. The fourth-order valence-electron chi connectivity index (χ4n) is 2.07. The number of fused-ring (bicyclic) bond motifs is 1. The predicted octanol–water partition coefficient (Wildman–Crippen LogP) is 0.378. The Hall–Kier alpha value is -2.03. The van der Waals surface area contributed by atoms with E-state index in [1.165, 1.54) is 15.6 Å². The minimum atomic E-state index is -0.214. The van der Waals surface area contributed by atoms with Crippen molar-refractivity contribution < 1.29 is 0 Å². The van der Waals surface area contributed by atoms with E-state index in [1.54, 1.807) is 11.7 Å². The van der Waals surface area contributed by atoms with Crippen LogP contribution >= 0.6 is 15.9 Å². The predicted molar refractivity (Wildman–Crippen MR) is 75.3 cm³/mol. The largest absolute Gasteiger partial charge is 0.281 e. The molecule has 0 aliphatic carbocycles. The summed E-state index contributed by atoms with van der Waals surface area (Å²) in [5.41, 5.74) is 1.99. The van der Waals surface area contributed by atoms with Crippen molar-refractivity contribution in [2.45, 2.75) is 13.5 Å². The van der Waals surface area contributed by atoms with E-state index in [0.717, 1.165) is 15.9 Å². The van der Waals surface area contributed by atoms with Gasteiger partial charge in [0.05, 0.1) is 28.6 Å². The molecule has 0 fully saturated rings. The second-order valence-electron chi connectivity index (χ2n) is 4.53. The molecule has 0 unspecified atom stereocenters. The smallest absolute Gasteiger partial charge is 0.269 e. The van der Waals surface area contributed by atoms with Crippen LogP contribution in [0.25, 0.3) is 11.0 Å². The molecule has 0 saturated heterocycles. The summed E-state index contributed by atoms with van der Waals surface area (Å²) >= 11 is 3.47. The standard InChI is InChI=1S/C11H12BrN7O/c1-6-9(12)8(17(2)15-6)5-19-11(20)7-4-13-18(3)10(7)14-16-19/h4H,5H2,1-3H3. The second kappa shape index (κ2) is 4.51. The number of halogens is 1. The lowest BCUT2D eigenvalue weighted by Gasteiger charge is -2.04. The van der Waals surface area contributed by atoms with Crippen LogP contribution in [0.2, 0.25) is 0 Å². The monoisotopic (exact) mass is 337 g/mol. The maximum Gasteiger partial charge on any atom is 0.281 e. The second-order valence-corrected chi connectivity index (χ2v) is 5.32. The number of rotatable bonds is 2. The molecule has 0 radical (unpaired) electrons. The summed E-state index contributed by atoms with van der Waals surface area (Å²) in [6, 6.07) is 0. The van der Waals surface area contributed by atoms with Crippen LogP contribution in [0.3, 0.4) is 0 Å². The number of nitrogens with zero attached hydrogens (tertiary/aromatic N) is 7. The molecule has 3 heterocycles. The van der Waals surface area contributed by atoms with Gasteiger partial charge in [0.25, 0.3) is 5.56 Å². The van der Waals surface area contributed by atoms with Crippen molar-refractivity contribution in [3.8, 4) is 0 Å². The Bertz CT molecular complexity index is 860. The maximum atomic E-state index is 12.3. The molecule has 20 heavy (non-hydrogen) atoms. The molecule has 0 N–H and O–H groups in total. The van der Waals surface area contributed by atoms with Crippen LogP contribution in [-0.4, -0.2) is 34.6 Å². The maximum absolute atomic E-state index is 12.3. The fraction of sp³-hybridized carbons (Fsp3) is 0.364. The number of hydrogen-bond acceptors (Lipinski definition) is 5. The lowest BCUT2D eigenvalue weighted by Crippen LogP contribution is -2.25. The van der Waals surface area contributed by atoms with Crippen molar-refractivity contribution >= 4 is 27.0 Å². The average Bonchev–Trinajstić information content (AvgIpc) is 2.89. The summed E-state index contributed by atoms with van der Waals surface area (Å²) in [4.78, 5) is 12.3. The van der Waals surface area contributed by atoms with Crippen LogP contribution < -0.4 is 5.56 Å². The first-order valence-corrected chi connectivity index (χ1v) is 6.72. The van der Waals surface area contributed by atoms with Gasteiger partial charge in [-0.3, -0.25) is 9.48 Å². The Morgan fingerprint density at radius 2 is 2.05 bits per heavy atom. The molecule has 9 heteroatoms. The Labute approximate surface area is 122 Å². The van der Waals surface area contributed by atoms with Gasteiger partial charge in [-0.15, -0.1) is 5.10 Å². The zero-order valence-electron chi connectivity index (χ0n) is 11.2. The van der Waals surface area contributed by atoms with Crippen LogP contribution in [0.15, 0.2) is 15.5 Å².